The van der Waals surface area contributed by atoms with Crippen molar-refractivity contribution in [2.45, 2.75) is 19.1 Å². The van der Waals surface area contributed by atoms with E-state index in [1.165, 1.54) is 13.2 Å². The molecule has 198 valence electrons. The number of amides is 1. The Morgan fingerprint density at radius 1 is 1.10 bits per heavy atom. The summed E-state index contributed by atoms with van der Waals surface area (Å²) in [7, 11) is 3.00. The van der Waals surface area contributed by atoms with Gasteiger partial charge in [0.1, 0.15) is 5.75 Å². The van der Waals surface area contributed by atoms with E-state index < -0.39 is 11.9 Å². The van der Waals surface area contributed by atoms with Gasteiger partial charge in [-0.25, -0.2) is 4.98 Å². The van der Waals surface area contributed by atoms with Crippen molar-refractivity contribution in [1.29, 1.82) is 0 Å². The van der Waals surface area contributed by atoms with E-state index in [9.17, 15) is 18.0 Å². The number of alkyl halides is 3. The van der Waals surface area contributed by atoms with E-state index in [1.54, 1.807) is 53.6 Å². The van der Waals surface area contributed by atoms with Crippen LogP contribution in [0, 0.1) is 0 Å². The van der Waals surface area contributed by atoms with E-state index in [4.69, 9.17) is 4.74 Å². The minimum absolute atomic E-state index is 0.0471. The minimum atomic E-state index is -4.65. The Morgan fingerprint density at radius 2 is 1.92 bits per heavy atom. The molecule has 2 aromatic carbocycles. The number of benzene rings is 2. The maximum atomic E-state index is 14.1. The molecule has 1 aliphatic heterocycles. The average Bonchev–Trinajstić information content (AvgIpc) is 3.58. The third kappa shape index (κ3) is 4.39. The number of hydrogen-bond donors (Lipinski definition) is 0. The maximum absolute atomic E-state index is 14.1. The van der Waals surface area contributed by atoms with Gasteiger partial charge in [-0.15, -0.1) is 0 Å². The average molecular weight is 533 g/mol. The number of ether oxygens (including phenoxy) is 1. The van der Waals surface area contributed by atoms with Gasteiger partial charge in [0.05, 0.1) is 30.8 Å². The normalized spacial score (nSPS) is 13.7. The molecular weight excluding hydrogens is 509 g/mol. The first kappa shape index (κ1) is 24.7. The number of nitrogens with zero attached hydrogens (tertiary/aromatic N) is 6. The lowest BCUT2D eigenvalue weighted by molar-refractivity contribution is -0.140. The number of rotatable bonds is 5. The molecule has 5 aromatic rings. The van der Waals surface area contributed by atoms with Crippen LogP contribution in [0.1, 0.15) is 27.2 Å². The van der Waals surface area contributed by atoms with Crippen LogP contribution in [0.2, 0.25) is 0 Å². The predicted molar refractivity (Wildman–Crippen MR) is 139 cm³/mol. The van der Waals surface area contributed by atoms with Crippen LogP contribution < -0.4 is 9.64 Å². The van der Waals surface area contributed by atoms with Gasteiger partial charge in [0, 0.05) is 55.2 Å². The second-order valence-corrected chi connectivity index (χ2v) is 9.39. The van der Waals surface area contributed by atoms with Crippen LogP contribution in [0.5, 0.6) is 5.75 Å². The van der Waals surface area contributed by atoms with Crippen LogP contribution in [0.25, 0.3) is 22.0 Å². The van der Waals surface area contributed by atoms with Crippen LogP contribution in [-0.2, 0) is 26.2 Å². The molecule has 0 fully saturated rings. The van der Waals surface area contributed by atoms with Crippen molar-refractivity contribution < 1.29 is 22.7 Å². The van der Waals surface area contributed by atoms with Crippen LogP contribution in [0.4, 0.5) is 18.9 Å². The second-order valence-electron chi connectivity index (χ2n) is 9.39. The van der Waals surface area contributed by atoms with Crippen LogP contribution >= 0.6 is 0 Å². The van der Waals surface area contributed by atoms with Gasteiger partial charge in [-0.3, -0.25) is 14.5 Å². The lowest BCUT2D eigenvalue weighted by Gasteiger charge is -2.31. The molecule has 0 N–H and O–H groups in total. The number of carbonyl (C=O) groups is 1. The van der Waals surface area contributed by atoms with Crippen molar-refractivity contribution in [2.75, 3.05) is 18.6 Å². The second kappa shape index (κ2) is 9.26. The number of fused-ring (bicyclic) bond motifs is 2. The summed E-state index contributed by atoms with van der Waals surface area (Å²) in [5.41, 5.74) is 2.30. The van der Waals surface area contributed by atoms with Gasteiger partial charge in [-0.1, -0.05) is 6.07 Å². The minimum Gasteiger partial charge on any atom is -0.495 e. The molecule has 0 spiro atoms. The number of carbonyl (C=O) groups excluding carboxylic acids is 1. The number of anilines is 1. The van der Waals surface area contributed by atoms with Crippen molar-refractivity contribution >= 4 is 22.5 Å². The molecule has 1 aliphatic rings. The molecule has 0 saturated carbocycles. The summed E-state index contributed by atoms with van der Waals surface area (Å²) in [6, 6.07) is 10.8. The Hall–Kier alpha value is -4.67. The predicted octanol–water partition coefficient (Wildman–Crippen LogP) is 5.11. The summed E-state index contributed by atoms with van der Waals surface area (Å²) >= 11 is 0. The number of hydrogen-bond acceptors (Lipinski definition) is 5. The number of pyridine rings is 1. The Labute approximate surface area is 221 Å². The van der Waals surface area contributed by atoms with Crippen molar-refractivity contribution in [2.24, 2.45) is 7.05 Å². The highest BCUT2D eigenvalue weighted by Crippen LogP contribution is 2.41. The molecule has 39 heavy (non-hydrogen) atoms. The molecule has 0 unspecified atom stereocenters. The van der Waals surface area contributed by atoms with Gasteiger partial charge in [0.25, 0.3) is 5.91 Å². The molecule has 3 aromatic heterocycles. The van der Waals surface area contributed by atoms with E-state index in [-0.39, 0.29) is 18.0 Å². The first-order chi connectivity index (χ1) is 18.7. The van der Waals surface area contributed by atoms with Gasteiger partial charge < -0.3 is 14.2 Å². The smallest absolute Gasteiger partial charge is 0.435 e. The Morgan fingerprint density at radius 3 is 2.67 bits per heavy atom. The highest BCUT2D eigenvalue weighted by molar-refractivity contribution is 6.13. The van der Waals surface area contributed by atoms with E-state index in [0.29, 0.717) is 52.2 Å². The van der Waals surface area contributed by atoms with Crippen molar-refractivity contribution in [3.8, 4) is 16.9 Å². The van der Waals surface area contributed by atoms with Crippen LogP contribution in [-0.4, -0.2) is 43.9 Å². The molecule has 0 atom stereocenters. The zero-order valence-electron chi connectivity index (χ0n) is 21.1. The van der Waals surface area contributed by atoms with Crippen molar-refractivity contribution in [1.82, 2.24) is 24.3 Å². The third-order valence-corrected chi connectivity index (χ3v) is 6.89. The number of imidazole rings is 1. The summed E-state index contributed by atoms with van der Waals surface area (Å²) in [6.07, 6.45) is 3.69. The Kier molecular flexibility index (Phi) is 5.86. The highest BCUT2D eigenvalue weighted by Gasteiger charge is 2.39. The molecular formula is C28H23F3N6O2. The van der Waals surface area contributed by atoms with Crippen LogP contribution in [0.15, 0.2) is 67.5 Å². The molecule has 0 radical (unpaired) electrons. The van der Waals surface area contributed by atoms with Gasteiger partial charge >= 0.3 is 6.18 Å². The molecule has 6 rings (SSSR count). The fourth-order valence-corrected chi connectivity index (χ4v) is 5.17. The lowest BCUT2D eigenvalue weighted by atomic mass is 9.88. The third-order valence-electron chi connectivity index (χ3n) is 6.89. The monoisotopic (exact) mass is 532 g/mol. The quantitative estimate of drug-likeness (QED) is 0.314. The zero-order valence-corrected chi connectivity index (χ0v) is 21.1. The van der Waals surface area contributed by atoms with E-state index in [2.05, 4.69) is 15.1 Å². The van der Waals surface area contributed by atoms with Crippen LogP contribution in [0.3, 0.4) is 0 Å². The van der Waals surface area contributed by atoms with Crippen molar-refractivity contribution in [3.63, 3.8) is 0 Å². The summed E-state index contributed by atoms with van der Waals surface area (Å²) in [5, 5.41) is 4.45. The van der Waals surface area contributed by atoms with E-state index in [0.717, 1.165) is 10.1 Å². The first-order valence-corrected chi connectivity index (χ1v) is 12.2. The van der Waals surface area contributed by atoms with Gasteiger partial charge in [-0.2, -0.15) is 18.3 Å². The SMILES string of the molecule is COc1cnc2cccc(N3CCc4c(cc(Cn5ccnc5)cc4-c4cn(C)nc4C(F)(F)F)C3=O)c2c1. The highest BCUT2D eigenvalue weighted by atomic mass is 19.4. The van der Waals surface area contributed by atoms with Gasteiger partial charge in [0.2, 0.25) is 0 Å². The van der Waals surface area contributed by atoms with E-state index >= 15 is 0 Å². The maximum Gasteiger partial charge on any atom is 0.435 e. The topological polar surface area (TPSA) is 78.1 Å². The molecule has 0 aliphatic carbocycles. The number of aryl methyl sites for hydroxylation is 1. The fourth-order valence-electron chi connectivity index (χ4n) is 5.17. The molecule has 4 heterocycles. The molecule has 8 nitrogen and oxygen atoms in total. The Balaban J connectivity index is 1.52. The summed E-state index contributed by atoms with van der Waals surface area (Å²) in [4.78, 5) is 24.2. The summed E-state index contributed by atoms with van der Waals surface area (Å²) < 4.78 is 50.2. The number of halogens is 3. The molecule has 0 bridgehead atoms. The van der Waals surface area contributed by atoms with Gasteiger partial charge in [-0.05, 0) is 53.4 Å². The standard InChI is InChI=1S/C28H23F3N6O2/c1-35-15-23(26(34-35)28(29,30)31)20-10-17(14-36-9-7-32-16-36)11-21-19(20)6-8-37(27(21)38)25-5-3-4-24-22(25)12-18(39-2)13-33-24/h3-5,7,9-13,15-16H,6,8,14H2,1-2H3. The summed E-state index contributed by atoms with van der Waals surface area (Å²) in [5.74, 6) is 0.263. The fraction of sp³-hybridized carbons (Fsp3) is 0.214. The first-order valence-electron chi connectivity index (χ1n) is 12.2. The van der Waals surface area contributed by atoms with E-state index in [1.807, 2.05) is 24.3 Å². The van der Waals surface area contributed by atoms with Gasteiger partial charge in [0.15, 0.2) is 5.69 Å². The number of aromatic nitrogens is 5. The van der Waals surface area contributed by atoms with Crippen molar-refractivity contribution in [3.05, 3.63) is 89.9 Å². The summed E-state index contributed by atoms with van der Waals surface area (Å²) in [6.45, 7) is 0.627. The molecule has 0 saturated heterocycles. The molecule has 1 amide bonds. The Bertz CT molecular complexity index is 1710. The molecule has 11 heteroatoms. The zero-order chi connectivity index (χ0) is 27.3. The number of methoxy groups -OCH3 is 1. The lowest BCUT2D eigenvalue weighted by Crippen LogP contribution is -2.38. The largest absolute Gasteiger partial charge is 0.495 e.